The van der Waals surface area contributed by atoms with Crippen LogP contribution in [0.3, 0.4) is 0 Å². The lowest BCUT2D eigenvalue weighted by Crippen LogP contribution is -2.37. The summed E-state index contributed by atoms with van der Waals surface area (Å²) in [6.07, 6.45) is 0.541. The Balaban J connectivity index is 1.36. The first-order chi connectivity index (χ1) is 15.9. The van der Waals surface area contributed by atoms with Crippen LogP contribution in [-0.2, 0) is 11.3 Å². The summed E-state index contributed by atoms with van der Waals surface area (Å²) >= 11 is 6.19. The maximum atomic E-state index is 12.9. The van der Waals surface area contributed by atoms with E-state index in [0.29, 0.717) is 34.0 Å². The summed E-state index contributed by atoms with van der Waals surface area (Å²) in [7, 11) is 0. The van der Waals surface area contributed by atoms with Gasteiger partial charge in [-0.3, -0.25) is 19.3 Å². The van der Waals surface area contributed by atoms with Crippen LogP contribution >= 0.6 is 11.6 Å². The molecule has 0 aliphatic carbocycles. The highest BCUT2D eigenvalue weighted by Gasteiger charge is 2.34. The summed E-state index contributed by atoms with van der Waals surface area (Å²) in [5.41, 5.74) is 1.44. The fourth-order valence-corrected chi connectivity index (χ4v) is 3.96. The molecule has 170 valence electrons. The van der Waals surface area contributed by atoms with E-state index in [-0.39, 0.29) is 49.2 Å². The van der Waals surface area contributed by atoms with Crippen molar-refractivity contribution in [2.75, 3.05) is 6.54 Å². The number of fused-ring (bicyclic) bond motifs is 1. The van der Waals surface area contributed by atoms with Crippen LogP contribution in [0.2, 0.25) is 5.02 Å². The predicted octanol–water partition coefficient (Wildman–Crippen LogP) is 4.20. The molecule has 2 heterocycles. The SMILES string of the molecule is CC(C)N(Cc1nnc(-c2ccccc2Cl)o1)C(=O)CCCN1C(=O)c2ccccc2C1=O. The number of hydrogen-bond acceptors (Lipinski definition) is 6. The second-order valence-corrected chi connectivity index (χ2v) is 8.41. The fraction of sp³-hybridized carbons (Fsp3) is 0.292. The lowest BCUT2D eigenvalue weighted by Gasteiger charge is -2.25. The van der Waals surface area contributed by atoms with Crippen molar-refractivity contribution in [3.05, 3.63) is 70.6 Å². The predicted molar refractivity (Wildman–Crippen MR) is 121 cm³/mol. The Morgan fingerprint density at radius 1 is 1.00 bits per heavy atom. The minimum absolute atomic E-state index is 0.104. The summed E-state index contributed by atoms with van der Waals surface area (Å²) in [4.78, 5) is 40.7. The molecule has 33 heavy (non-hydrogen) atoms. The van der Waals surface area contributed by atoms with Crippen molar-refractivity contribution in [2.24, 2.45) is 0 Å². The van der Waals surface area contributed by atoms with Crippen molar-refractivity contribution in [3.63, 3.8) is 0 Å². The Labute approximate surface area is 196 Å². The molecular weight excluding hydrogens is 444 g/mol. The number of nitrogens with zero attached hydrogens (tertiary/aromatic N) is 4. The molecule has 0 saturated heterocycles. The summed E-state index contributed by atoms with van der Waals surface area (Å²) in [5, 5.41) is 8.60. The number of aromatic nitrogens is 2. The van der Waals surface area contributed by atoms with Crippen LogP contribution in [0.1, 0.15) is 53.3 Å². The number of hydrogen-bond donors (Lipinski definition) is 0. The molecule has 0 saturated carbocycles. The van der Waals surface area contributed by atoms with Gasteiger partial charge in [-0.1, -0.05) is 35.9 Å². The van der Waals surface area contributed by atoms with E-state index < -0.39 is 0 Å². The second-order valence-electron chi connectivity index (χ2n) is 8.01. The van der Waals surface area contributed by atoms with Crippen LogP contribution < -0.4 is 0 Å². The minimum Gasteiger partial charge on any atom is -0.419 e. The zero-order valence-corrected chi connectivity index (χ0v) is 19.1. The summed E-state index contributed by atoms with van der Waals surface area (Å²) in [6.45, 7) is 4.13. The zero-order valence-electron chi connectivity index (χ0n) is 18.3. The summed E-state index contributed by atoms with van der Waals surface area (Å²) in [5.74, 6) is -0.174. The largest absolute Gasteiger partial charge is 0.419 e. The van der Waals surface area contributed by atoms with Crippen LogP contribution in [0.25, 0.3) is 11.5 Å². The summed E-state index contributed by atoms with van der Waals surface area (Å²) in [6, 6.07) is 13.8. The molecule has 0 atom stereocenters. The Kier molecular flexibility index (Phi) is 6.55. The van der Waals surface area contributed by atoms with Gasteiger partial charge in [-0.05, 0) is 44.5 Å². The molecule has 2 aromatic carbocycles. The van der Waals surface area contributed by atoms with Gasteiger partial charge in [0.15, 0.2) is 0 Å². The van der Waals surface area contributed by atoms with Gasteiger partial charge in [-0.25, -0.2) is 0 Å². The van der Waals surface area contributed by atoms with E-state index in [1.54, 1.807) is 41.3 Å². The number of amides is 3. The van der Waals surface area contributed by atoms with Crippen LogP contribution in [0, 0.1) is 0 Å². The average Bonchev–Trinajstić information content (AvgIpc) is 3.36. The lowest BCUT2D eigenvalue weighted by molar-refractivity contribution is -0.134. The van der Waals surface area contributed by atoms with Gasteiger partial charge >= 0.3 is 0 Å². The van der Waals surface area contributed by atoms with Crippen LogP contribution in [-0.4, -0.2) is 50.3 Å². The molecule has 0 N–H and O–H groups in total. The van der Waals surface area contributed by atoms with E-state index in [1.165, 1.54) is 4.90 Å². The van der Waals surface area contributed by atoms with Gasteiger partial charge in [0.25, 0.3) is 11.8 Å². The van der Waals surface area contributed by atoms with Gasteiger partial charge in [0.2, 0.25) is 17.7 Å². The highest BCUT2D eigenvalue weighted by molar-refractivity contribution is 6.33. The van der Waals surface area contributed by atoms with Crippen molar-refractivity contribution in [1.82, 2.24) is 20.0 Å². The second kappa shape index (κ2) is 9.54. The van der Waals surface area contributed by atoms with E-state index in [9.17, 15) is 14.4 Å². The summed E-state index contributed by atoms with van der Waals surface area (Å²) < 4.78 is 5.73. The van der Waals surface area contributed by atoms with Crippen molar-refractivity contribution >= 4 is 29.3 Å². The van der Waals surface area contributed by atoms with E-state index in [2.05, 4.69) is 10.2 Å². The van der Waals surface area contributed by atoms with Crippen LogP contribution in [0.15, 0.2) is 52.9 Å². The van der Waals surface area contributed by atoms with Gasteiger partial charge < -0.3 is 9.32 Å². The molecule has 8 nitrogen and oxygen atoms in total. The molecule has 0 unspecified atom stereocenters. The van der Waals surface area contributed by atoms with Crippen molar-refractivity contribution in [3.8, 4) is 11.5 Å². The first kappa shape index (κ1) is 22.7. The third-order valence-corrected chi connectivity index (χ3v) is 5.80. The number of carbonyl (C=O) groups excluding carboxylic acids is 3. The Hall–Kier alpha value is -3.52. The van der Waals surface area contributed by atoms with Crippen LogP contribution in [0.4, 0.5) is 0 Å². The maximum absolute atomic E-state index is 12.9. The molecule has 4 rings (SSSR count). The van der Waals surface area contributed by atoms with Crippen molar-refractivity contribution in [2.45, 2.75) is 39.3 Å². The highest BCUT2D eigenvalue weighted by atomic mass is 35.5. The molecule has 0 fully saturated rings. The number of benzene rings is 2. The molecular formula is C24H23ClN4O4. The number of imide groups is 1. The third kappa shape index (κ3) is 4.66. The standard InChI is InChI=1S/C24H23ClN4O4/c1-15(2)29(14-20-26-27-22(33-20)18-10-5-6-11-19(18)25)21(30)12-7-13-28-23(31)16-8-3-4-9-17(16)24(28)32/h3-6,8-11,15H,7,12-14H2,1-2H3. The van der Waals surface area contributed by atoms with Crippen molar-refractivity contribution in [1.29, 1.82) is 0 Å². The molecule has 0 bridgehead atoms. The van der Waals surface area contributed by atoms with Gasteiger partial charge in [0.1, 0.15) is 0 Å². The smallest absolute Gasteiger partial charge is 0.261 e. The molecule has 1 aliphatic rings. The first-order valence-corrected chi connectivity index (χ1v) is 11.1. The molecule has 3 aromatic rings. The Morgan fingerprint density at radius 2 is 1.61 bits per heavy atom. The van der Waals surface area contributed by atoms with E-state index in [4.69, 9.17) is 16.0 Å². The zero-order chi connectivity index (χ0) is 23.5. The monoisotopic (exact) mass is 466 g/mol. The topological polar surface area (TPSA) is 96.6 Å². The molecule has 3 amide bonds. The Morgan fingerprint density at radius 3 is 2.21 bits per heavy atom. The quantitative estimate of drug-likeness (QED) is 0.461. The lowest BCUT2D eigenvalue weighted by atomic mass is 10.1. The first-order valence-electron chi connectivity index (χ1n) is 10.7. The molecule has 9 heteroatoms. The number of rotatable bonds is 8. The molecule has 1 aromatic heterocycles. The Bertz CT molecular complexity index is 1170. The molecule has 0 spiro atoms. The maximum Gasteiger partial charge on any atom is 0.261 e. The average molecular weight is 467 g/mol. The highest BCUT2D eigenvalue weighted by Crippen LogP contribution is 2.27. The van der Waals surface area contributed by atoms with E-state index in [0.717, 1.165) is 0 Å². The van der Waals surface area contributed by atoms with Gasteiger partial charge in [0, 0.05) is 19.0 Å². The van der Waals surface area contributed by atoms with Gasteiger partial charge in [-0.2, -0.15) is 0 Å². The molecule has 1 aliphatic heterocycles. The number of carbonyl (C=O) groups is 3. The normalized spacial score (nSPS) is 13.0. The van der Waals surface area contributed by atoms with Crippen molar-refractivity contribution < 1.29 is 18.8 Å². The van der Waals surface area contributed by atoms with E-state index >= 15 is 0 Å². The minimum atomic E-state index is -0.318. The van der Waals surface area contributed by atoms with E-state index in [1.807, 2.05) is 26.0 Å². The van der Waals surface area contributed by atoms with Gasteiger partial charge in [-0.15, -0.1) is 10.2 Å². The fourth-order valence-electron chi connectivity index (χ4n) is 3.74. The number of halogens is 1. The van der Waals surface area contributed by atoms with Gasteiger partial charge in [0.05, 0.1) is 28.3 Å². The molecule has 0 radical (unpaired) electrons. The third-order valence-electron chi connectivity index (χ3n) is 5.47. The van der Waals surface area contributed by atoms with Crippen LogP contribution in [0.5, 0.6) is 0 Å².